The quantitative estimate of drug-likeness (QED) is 0.232. The third-order valence-electron chi connectivity index (χ3n) is 3.79. The van der Waals surface area contributed by atoms with E-state index in [9.17, 15) is 4.79 Å². The molecule has 0 saturated carbocycles. The van der Waals surface area contributed by atoms with Gasteiger partial charge in [0.1, 0.15) is 0 Å². The second-order valence-electron chi connectivity index (χ2n) is 5.74. The van der Waals surface area contributed by atoms with Gasteiger partial charge < -0.3 is 0 Å². The molecule has 0 aliphatic heterocycles. The van der Waals surface area contributed by atoms with Crippen molar-refractivity contribution in [2.24, 2.45) is 0 Å². The predicted molar refractivity (Wildman–Crippen MR) is 110 cm³/mol. The molecule has 2 aromatic carbocycles. The van der Waals surface area contributed by atoms with Crippen LogP contribution in [0.3, 0.4) is 0 Å². The van der Waals surface area contributed by atoms with E-state index in [1.54, 1.807) is 16.3 Å². The first kappa shape index (κ1) is 17.5. The maximum Gasteiger partial charge on any atom is 0.266 e. The number of unbranched alkanes of at least 4 members (excludes halogenated alkanes) is 1. The highest BCUT2D eigenvalue weighted by Crippen LogP contribution is 2.23. The molecule has 3 aromatic rings. The Kier molecular flexibility index (Phi) is 5.61. The van der Waals surface area contributed by atoms with Gasteiger partial charge in [-0.3, -0.25) is 9.36 Å². The Hall–Kier alpha value is -1.34. The minimum Gasteiger partial charge on any atom is -0.268 e. The molecule has 0 bridgehead atoms. The first-order valence-electron chi connectivity index (χ1n) is 8.02. The third kappa shape index (κ3) is 3.67. The zero-order chi connectivity index (χ0) is 17.1. The largest absolute Gasteiger partial charge is 0.268 e. The Balaban J connectivity index is 2.24. The lowest BCUT2D eigenvalue weighted by atomic mass is 10.2. The zero-order valence-corrected chi connectivity index (χ0v) is 16.7. The average molecular weight is 450 g/mol. The Morgan fingerprint density at radius 2 is 2.04 bits per heavy atom. The molecule has 124 valence electrons. The van der Waals surface area contributed by atoms with E-state index >= 15 is 0 Å². The summed E-state index contributed by atoms with van der Waals surface area (Å²) in [7, 11) is 0. The highest BCUT2D eigenvalue weighted by atomic mass is 127. The van der Waals surface area contributed by atoms with Crippen molar-refractivity contribution in [1.29, 1.82) is 0 Å². The molecule has 0 atom stereocenters. The van der Waals surface area contributed by atoms with E-state index in [4.69, 9.17) is 4.98 Å². The molecule has 0 spiro atoms. The van der Waals surface area contributed by atoms with Crippen LogP contribution in [-0.2, 0) is 0 Å². The number of fused-ring (bicyclic) bond motifs is 1. The van der Waals surface area contributed by atoms with Crippen molar-refractivity contribution in [3.63, 3.8) is 0 Å². The molecule has 1 aromatic heterocycles. The van der Waals surface area contributed by atoms with E-state index in [-0.39, 0.29) is 5.56 Å². The second-order valence-corrected chi connectivity index (χ2v) is 8.05. The minimum absolute atomic E-state index is 0.00288. The molecule has 0 N–H and O–H groups in total. The molecule has 24 heavy (non-hydrogen) atoms. The van der Waals surface area contributed by atoms with Gasteiger partial charge in [-0.1, -0.05) is 37.2 Å². The fourth-order valence-electron chi connectivity index (χ4n) is 2.54. The Morgan fingerprint density at radius 1 is 1.21 bits per heavy atom. The summed E-state index contributed by atoms with van der Waals surface area (Å²) in [5.74, 6) is 0.963. The molecule has 0 saturated heterocycles. The number of aryl methyl sites for hydroxylation is 1. The van der Waals surface area contributed by atoms with Gasteiger partial charge in [0.15, 0.2) is 5.16 Å². The van der Waals surface area contributed by atoms with Gasteiger partial charge in [0, 0.05) is 9.32 Å². The molecule has 0 radical (unpaired) electrons. The molecular weight excluding hydrogens is 431 g/mol. The summed E-state index contributed by atoms with van der Waals surface area (Å²) in [6.45, 7) is 4.21. The number of hydrogen-bond acceptors (Lipinski definition) is 3. The first-order valence-corrected chi connectivity index (χ1v) is 10.1. The second kappa shape index (κ2) is 7.70. The normalized spacial score (nSPS) is 11.1. The Bertz CT molecular complexity index is 936. The summed E-state index contributed by atoms with van der Waals surface area (Å²) in [6, 6.07) is 13.9. The number of benzene rings is 2. The standard InChI is InChI=1S/C19H19IN2OS/c1-3-4-10-24-19-21-17-9-8-14(20)12-16(17)18(23)22(19)15-7-5-6-13(2)11-15/h5-9,11-12H,3-4,10H2,1-2H3. The average Bonchev–Trinajstić information content (AvgIpc) is 2.56. The predicted octanol–water partition coefficient (Wildman–Crippen LogP) is 5.19. The van der Waals surface area contributed by atoms with Crippen molar-refractivity contribution < 1.29 is 0 Å². The van der Waals surface area contributed by atoms with Crippen molar-refractivity contribution in [3.8, 4) is 5.69 Å². The van der Waals surface area contributed by atoms with Gasteiger partial charge >= 0.3 is 0 Å². The summed E-state index contributed by atoms with van der Waals surface area (Å²) in [4.78, 5) is 17.9. The van der Waals surface area contributed by atoms with Crippen molar-refractivity contribution in [2.75, 3.05) is 5.75 Å². The lowest BCUT2D eigenvalue weighted by Crippen LogP contribution is -2.22. The topological polar surface area (TPSA) is 34.9 Å². The van der Waals surface area contributed by atoms with E-state index in [0.717, 1.165) is 44.1 Å². The minimum atomic E-state index is 0.00288. The highest BCUT2D eigenvalue weighted by Gasteiger charge is 2.13. The van der Waals surface area contributed by atoms with Crippen LogP contribution < -0.4 is 5.56 Å². The smallest absolute Gasteiger partial charge is 0.266 e. The maximum atomic E-state index is 13.2. The van der Waals surface area contributed by atoms with Crippen LogP contribution in [0.1, 0.15) is 25.3 Å². The van der Waals surface area contributed by atoms with E-state index in [2.05, 4.69) is 29.5 Å². The summed E-state index contributed by atoms with van der Waals surface area (Å²) >= 11 is 3.89. The Morgan fingerprint density at radius 3 is 2.79 bits per heavy atom. The number of rotatable bonds is 5. The van der Waals surface area contributed by atoms with Crippen LogP contribution in [0.15, 0.2) is 52.4 Å². The van der Waals surface area contributed by atoms with Gasteiger partial charge in [-0.25, -0.2) is 4.98 Å². The van der Waals surface area contributed by atoms with Crippen LogP contribution in [0.25, 0.3) is 16.6 Å². The lowest BCUT2D eigenvalue weighted by molar-refractivity contribution is 0.813. The number of hydrogen-bond donors (Lipinski definition) is 0. The van der Waals surface area contributed by atoms with Gasteiger partial charge in [0.25, 0.3) is 5.56 Å². The first-order chi connectivity index (χ1) is 11.6. The lowest BCUT2D eigenvalue weighted by Gasteiger charge is -2.13. The summed E-state index contributed by atoms with van der Waals surface area (Å²) in [6.07, 6.45) is 2.24. The SMILES string of the molecule is CCCCSc1nc2ccc(I)cc2c(=O)n1-c1cccc(C)c1. The monoisotopic (exact) mass is 450 g/mol. The maximum absolute atomic E-state index is 13.2. The molecule has 5 heteroatoms. The van der Waals surface area contributed by atoms with Gasteiger partial charge in [0.05, 0.1) is 16.6 Å². The highest BCUT2D eigenvalue weighted by molar-refractivity contribution is 14.1. The molecule has 0 amide bonds. The van der Waals surface area contributed by atoms with Crippen molar-refractivity contribution in [1.82, 2.24) is 9.55 Å². The third-order valence-corrected chi connectivity index (χ3v) is 5.48. The number of nitrogens with zero attached hydrogens (tertiary/aromatic N) is 2. The fourth-order valence-corrected chi connectivity index (χ4v) is 4.12. The van der Waals surface area contributed by atoms with E-state index in [1.807, 2.05) is 49.4 Å². The van der Waals surface area contributed by atoms with Crippen LogP contribution in [0.4, 0.5) is 0 Å². The van der Waals surface area contributed by atoms with Crippen molar-refractivity contribution >= 4 is 45.3 Å². The van der Waals surface area contributed by atoms with Crippen molar-refractivity contribution in [2.45, 2.75) is 31.8 Å². The molecule has 0 aliphatic carbocycles. The van der Waals surface area contributed by atoms with Gasteiger partial charge in [-0.05, 0) is 71.8 Å². The number of thioether (sulfide) groups is 1. The summed E-state index contributed by atoms with van der Waals surface area (Å²) < 4.78 is 2.80. The molecule has 1 heterocycles. The van der Waals surface area contributed by atoms with Crippen LogP contribution in [-0.4, -0.2) is 15.3 Å². The van der Waals surface area contributed by atoms with Crippen molar-refractivity contribution in [3.05, 3.63) is 62.0 Å². The molecule has 3 nitrogen and oxygen atoms in total. The molecule has 0 unspecified atom stereocenters. The van der Waals surface area contributed by atoms with Crippen LogP contribution in [0.2, 0.25) is 0 Å². The van der Waals surface area contributed by atoms with Gasteiger partial charge in [0.2, 0.25) is 0 Å². The van der Waals surface area contributed by atoms with E-state index in [0.29, 0.717) is 5.39 Å². The molecule has 3 rings (SSSR count). The summed E-state index contributed by atoms with van der Waals surface area (Å²) in [5.41, 5.74) is 2.78. The zero-order valence-electron chi connectivity index (χ0n) is 13.8. The van der Waals surface area contributed by atoms with Crippen LogP contribution >= 0.6 is 34.4 Å². The van der Waals surface area contributed by atoms with E-state index < -0.39 is 0 Å². The molecule has 0 fully saturated rings. The van der Waals surface area contributed by atoms with Gasteiger partial charge in [-0.15, -0.1) is 0 Å². The molecular formula is C19H19IN2OS. The van der Waals surface area contributed by atoms with E-state index in [1.165, 1.54) is 0 Å². The molecule has 0 aliphatic rings. The van der Waals surface area contributed by atoms with Gasteiger partial charge in [-0.2, -0.15) is 0 Å². The Labute approximate surface area is 159 Å². The van der Waals surface area contributed by atoms with Crippen LogP contribution in [0.5, 0.6) is 0 Å². The van der Waals surface area contributed by atoms with Crippen LogP contribution in [0, 0.1) is 10.5 Å². The number of halogens is 1. The fraction of sp³-hybridized carbons (Fsp3) is 0.263. The summed E-state index contributed by atoms with van der Waals surface area (Å²) in [5, 5.41) is 1.44. The number of aromatic nitrogens is 2.